The summed E-state index contributed by atoms with van der Waals surface area (Å²) < 4.78 is 11.0. The summed E-state index contributed by atoms with van der Waals surface area (Å²) in [5.41, 5.74) is 0.757. The Hall–Kier alpha value is -2.15. The lowest BCUT2D eigenvalue weighted by Gasteiger charge is -2.38. The van der Waals surface area contributed by atoms with Crippen molar-refractivity contribution in [2.24, 2.45) is 0 Å². The standard InChI is InChI=1S/C21H28N2O4/c1-3-27-18-9-8-16-6-4-5-7-17(16)19(18)20(21(24)25)23-12-10-22(11-13-23)14-15-26-2/h4-9,20H,3,10-15H2,1-2H3,(H,24,25)/t20-/m1/s1. The van der Waals surface area contributed by atoms with Gasteiger partial charge in [0.05, 0.1) is 13.2 Å². The van der Waals surface area contributed by atoms with Crippen LogP contribution in [0.3, 0.4) is 0 Å². The summed E-state index contributed by atoms with van der Waals surface area (Å²) in [6.45, 7) is 7.07. The zero-order valence-corrected chi connectivity index (χ0v) is 16.1. The predicted octanol–water partition coefficient (Wildman–Crippen LogP) is 2.63. The highest BCUT2D eigenvalue weighted by atomic mass is 16.5. The summed E-state index contributed by atoms with van der Waals surface area (Å²) in [5, 5.41) is 12.1. The first kappa shape index (κ1) is 19.6. The maximum Gasteiger partial charge on any atom is 0.325 e. The molecule has 1 aliphatic heterocycles. The van der Waals surface area contributed by atoms with E-state index in [0.717, 1.165) is 36.0 Å². The van der Waals surface area contributed by atoms with Gasteiger partial charge in [0.25, 0.3) is 0 Å². The van der Waals surface area contributed by atoms with Crippen molar-refractivity contribution in [2.45, 2.75) is 13.0 Å². The van der Waals surface area contributed by atoms with E-state index in [1.54, 1.807) is 7.11 Å². The number of carbonyl (C=O) groups is 1. The highest BCUT2D eigenvalue weighted by molar-refractivity contribution is 5.92. The molecule has 1 atom stereocenters. The van der Waals surface area contributed by atoms with Crippen LogP contribution < -0.4 is 4.74 Å². The number of benzene rings is 2. The first-order chi connectivity index (χ1) is 13.2. The number of ether oxygens (including phenoxy) is 2. The number of carboxylic acids is 1. The first-order valence-electron chi connectivity index (χ1n) is 9.48. The second kappa shape index (κ2) is 9.17. The highest BCUT2D eigenvalue weighted by Gasteiger charge is 2.33. The van der Waals surface area contributed by atoms with Gasteiger partial charge in [-0.25, -0.2) is 0 Å². The Morgan fingerprint density at radius 2 is 1.89 bits per heavy atom. The van der Waals surface area contributed by atoms with Crippen LogP contribution in [-0.2, 0) is 9.53 Å². The Bertz CT molecular complexity index is 772. The zero-order valence-electron chi connectivity index (χ0n) is 16.1. The molecule has 1 aliphatic rings. The zero-order chi connectivity index (χ0) is 19.2. The van der Waals surface area contributed by atoms with Crippen molar-refractivity contribution < 1.29 is 19.4 Å². The molecule has 0 spiro atoms. The Morgan fingerprint density at radius 1 is 1.15 bits per heavy atom. The van der Waals surface area contributed by atoms with E-state index in [9.17, 15) is 9.90 Å². The second-order valence-electron chi connectivity index (χ2n) is 6.74. The van der Waals surface area contributed by atoms with Crippen LogP contribution in [0.4, 0.5) is 0 Å². The van der Waals surface area contributed by atoms with Crippen LogP contribution in [0.2, 0.25) is 0 Å². The third kappa shape index (κ3) is 4.40. The van der Waals surface area contributed by atoms with E-state index in [4.69, 9.17) is 9.47 Å². The number of carboxylic acid groups (broad SMARTS) is 1. The van der Waals surface area contributed by atoms with Gasteiger partial charge < -0.3 is 14.6 Å². The number of hydrogen-bond acceptors (Lipinski definition) is 5. The Labute approximate surface area is 160 Å². The van der Waals surface area contributed by atoms with Crippen molar-refractivity contribution >= 4 is 16.7 Å². The van der Waals surface area contributed by atoms with Gasteiger partial charge in [0.15, 0.2) is 0 Å². The SMILES string of the molecule is CCOc1ccc2ccccc2c1[C@H](C(=O)O)N1CCN(CCOC)CC1. The van der Waals surface area contributed by atoms with Gasteiger partial charge in [0, 0.05) is 45.4 Å². The third-order valence-corrected chi connectivity index (χ3v) is 5.12. The van der Waals surface area contributed by atoms with Crippen LogP contribution in [0, 0.1) is 0 Å². The molecule has 0 aliphatic carbocycles. The smallest absolute Gasteiger partial charge is 0.325 e. The van der Waals surface area contributed by atoms with Gasteiger partial charge in [0.2, 0.25) is 0 Å². The predicted molar refractivity (Wildman–Crippen MR) is 105 cm³/mol. The fourth-order valence-electron chi connectivity index (χ4n) is 3.77. The Kier molecular flexibility index (Phi) is 6.66. The molecule has 0 aromatic heterocycles. The fraction of sp³-hybridized carbons (Fsp3) is 0.476. The molecule has 0 saturated carbocycles. The Morgan fingerprint density at radius 3 is 2.56 bits per heavy atom. The van der Waals surface area contributed by atoms with Crippen LogP contribution in [0.15, 0.2) is 36.4 Å². The van der Waals surface area contributed by atoms with Gasteiger partial charge in [0.1, 0.15) is 11.8 Å². The molecule has 1 fully saturated rings. The van der Waals surface area contributed by atoms with Crippen LogP contribution in [-0.4, -0.2) is 73.9 Å². The molecule has 2 aromatic rings. The molecular weight excluding hydrogens is 344 g/mol. The number of aliphatic carboxylic acids is 1. The molecule has 0 bridgehead atoms. The third-order valence-electron chi connectivity index (χ3n) is 5.12. The molecule has 146 valence electrons. The minimum absolute atomic E-state index is 0.502. The first-order valence-corrected chi connectivity index (χ1v) is 9.48. The molecule has 0 radical (unpaired) electrons. The number of nitrogens with zero attached hydrogens (tertiary/aromatic N) is 2. The van der Waals surface area contributed by atoms with Crippen molar-refractivity contribution in [3.63, 3.8) is 0 Å². The van der Waals surface area contributed by atoms with Crippen molar-refractivity contribution in [3.05, 3.63) is 42.0 Å². The number of fused-ring (bicyclic) bond motifs is 1. The normalized spacial score (nSPS) is 17.1. The Balaban J connectivity index is 1.93. The summed E-state index contributed by atoms with van der Waals surface area (Å²) >= 11 is 0. The van der Waals surface area contributed by atoms with Gasteiger partial charge in [-0.2, -0.15) is 0 Å². The maximum atomic E-state index is 12.3. The molecule has 27 heavy (non-hydrogen) atoms. The van der Waals surface area contributed by atoms with E-state index in [1.807, 2.05) is 43.3 Å². The van der Waals surface area contributed by atoms with Crippen LogP contribution in [0.5, 0.6) is 5.75 Å². The molecule has 0 unspecified atom stereocenters. The van der Waals surface area contributed by atoms with E-state index in [1.165, 1.54) is 0 Å². The summed E-state index contributed by atoms with van der Waals surface area (Å²) in [7, 11) is 1.70. The number of methoxy groups -OCH3 is 1. The molecule has 1 N–H and O–H groups in total. The van der Waals surface area contributed by atoms with E-state index in [0.29, 0.717) is 32.1 Å². The summed E-state index contributed by atoms with van der Waals surface area (Å²) in [6.07, 6.45) is 0. The molecule has 1 saturated heterocycles. The van der Waals surface area contributed by atoms with Gasteiger partial charge >= 0.3 is 5.97 Å². The van der Waals surface area contributed by atoms with E-state index in [2.05, 4.69) is 9.80 Å². The average Bonchev–Trinajstić information content (AvgIpc) is 2.69. The molecular formula is C21H28N2O4. The average molecular weight is 372 g/mol. The lowest BCUT2D eigenvalue weighted by atomic mass is 9.96. The second-order valence-corrected chi connectivity index (χ2v) is 6.74. The topological polar surface area (TPSA) is 62.2 Å². The van der Waals surface area contributed by atoms with Crippen LogP contribution in [0.25, 0.3) is 10.8 Å². The minimum atomic E-state index is -0.836. The van der Waals surface area contributed by atoms with Crippen LogP contribution >= 0.6 is 0 Å². The number of piperazine rings is 1. The molecule has 2 aromatic carbocycles. The minimum Gasteiger partial charge on any atom is -0.493 e. The molecule has 0 amide bonds. The largest absolute Gasteiger partial charge is 0.493 e. The summed E-state index contributed by atoms with van der Waals surface area (Å²) in [4.78, 5) is 16.7. The van der Waals surface area contributed by atoms with E-state index >= 15 is 0 Å². The number of hydrogen-bond donors (Lipinski definition) is 1. The lowest BCUT2D eigenvalue weighted by Crippen LogP contribution is -2.50. The van der Waals surface area contributed by atoms with E-state index in [-0.39, 0.29) is 0 Å². The lowest BCUT2D eigenvalue weighted by molar-refractivity contribution is -0.144. The van der Waals surface area contributed by atoms with Crippen molar-refractivity contribution in [3.8, 4) is 5.75 Å². The van der Waals surface area contributed by atoms with Gasteiger partial charge in [-0.05, 0) is 23.8 Å². The van der Waals surface area contributed by atoms with Crippen molar-refractivity contribution in [2.75, 3.05) is 53.0 Å². The number of rotatable bonds is 8. The van der Waals surface area contributed by atoms with Crippen molar-refractivity contribution in [1.29, 1.82) is 0 Å². The van der Waals surface area contributed by atoms with Gasteiger partial charge in [-0.15, -0.1) is 0 Å². The quantitative estimate of drug-likeness (QED) is 0.769. The van der Waals surface area contributed by atoms with Crippen molar-refractivity contribution in [1.82, 2.24) is 9.80 Å². The summed E-state index contributed by atoms with van der Waals surface area (Å²) in [5.74, 6) is -0.178. The van der Waals surface area contributed by atoms with Gasteiger partial charge in [-0.1, -0.05) is 30.3 Å². The molecule has 1 heterocycles. The summed E-state index contributed by atoms with van der Waals surface area (Å²) in [6, 6.07) is 11.1. The molecule has 3 rings (SSSR count). The molecule has 6 heteroatoms. The monoisotopic (exact) mass is 372 g/mol. The van der Waals surface area contributed by atoms with Crippen LogP contribution in [0.1, 0.15) is 18.5 Å². The molecule has 6 nitrogen and oxygen atoms in total. The maximum absolute atomic E-state index is 12.3. The van der Waals surface area contributed by atoms with E-state index < -0.39 is 12.0 Å². The fourth-order valence-corrected chi connectivity index (χ4v) is 3.77. The highest BCUT2D eigenvalue weighted by Crippen LogP contribution is 2.37. The van der Waals surface area contributed by atoms with Gasteiger partial charge in [-0.3, -0.25) is 14.6 Å².